The van der Waals surface area contributed by atoms with E-state index >= 15 is 0 Å². The lowest BCUT2D eigenvalue weighted by Gasteiger charge is -2.25. The largest absolute Gasteiger partial charge is 0.490 e. The van der Waals surface area contributed by atoms with Gasteiger partial charge in [0.2, 0.25) is 0 Å². The molecule has 0 N–H and O–H groups in total. The molecule has 0 bridgehead atoms. The van der Waals surface area contributed by atoms with Crippen LogP contribution in [0.1, 0.15) is 45.1 Å². The molecule has 3 heterocycles. The Morgan fingerprint density at radius 1 is 1.14 bits per heavy atom. The van der Waals surface area contributed by atoms with E-state index in [1.165, 1.54) is 15.9 Å². The van der Waals surface area contributed by atoms with E-state index < -0.39 is 12.0 Å². The van der Waals surface area contributed by atoms with Crippen LogP contribution in [0, 0.1) is 0 Å². The van der Waals surface area contributed by atoms with E-state index in [1.807, 2.05) is 19.9 Å². The summed E-state index contributed by atoms with van der Waals surface area (Å²) in [5.74, 6) is 1.13. The lowest BCUT2D eigenvalue weighted by molar-refractivity contribution is -0.139. The molecule has 0 spiro atoms. The number of ether oxygens (including phenoxy) is 3. The van der Waals surface area contributed by atoms with Crippen molar-refractivity contribution in [1.29, 1.82) is 0 Å². The van der Waals surface area contributed by atoms with Gasteiger partial charge in [-0.05, 0) is 73.5 Å². The summed E-state index contributed by atoms with van der Waals surface area (Å²) >= 11 is 4.51. The maximum Gasteiger partial charge on any atom is 0.338 e. The van der Waals surface area contributed by atoms with Crippen LogP contribution in [0.3, 0.4) is 0 Å². The number of rotatable bonds is 8. The molecule has 0 radical (unpaired) electrons. The molecular formula is C25H25BrN2O6S. The van der Waals surface area contributed by atoms with Crippen LogP contribution >= 0.6 is 27.3 Å². The average molecular weight is 561 g/mol. The maximum atomic E-state index is 13.6. The first kappa shape index (κ1) is 25.0. The van der Waals surface area contributed by atoms with E-state index in [1.54, 1.807) is 44.2 Å². The highest BCUT2D eigenvalue weighted by molar-refractivity contribution is 9.10. The number of benzene rings is 1. The smallest absolute Gasteiger partial charge is 0.338 e. The number of carbonyl (C=O) groups is 1. The second-order valence-corrected chi connectivity index (χ2v) is 9.31. The summed E-state index contributed by atoms with van der Waals surface area (Å²) < 4.78 is 24.9. The van der Waals surface area contributed by atoms with Gasteiger partial charge in [-0.15, -0.1) is 0 Å². The number of hydrogen-bond donors (Lipinski definition) is 0. The van der Waals surface area contributed by atoms with Crippen LogP contribution in [-0.4, -0.2) is 30.4 Å². The van der Waals surface area contributed by atoms with Gasteiger partial charge >= 0.3 is 5.97 Å². The monoisotopic (exact) mass is 560 g/mol. The minimum atomic E-state index is -0.745. The summed E-state index contributed by atoms with van der Waals surface area (Å²) in [5.41, 5.74) is 1.20. The van der Waals surface area contributed by atoms with Gasteiger partial charge in [0, 0.05) is 6.08 Å². The first-order valence-corrected chi connectivity index (χ1v) is 12.8. The third kappa shape index (κ3) is 4.99. The maximum absolute atomic E-state index is 13.6. The topological polar surface area (TPSA) is 92.3 Å². The number of thiazole rings is 1. The number of aromatic nitrogens is 1. The van der Waals surface area contributed by atoms with E-state index in [0.717, 1.165) is 0 Å². The molecule has 1 aliphatic rings. The van der Waals surface area contributed by atoms with Crippen molar-refractivity contribution in [2.75, 3.05) is 19.8 Å². The van der Waals surface area contributed by atoms with E-state index in [2.05, 4.69) is 20.9 Å². The van der Waals surface area contributed by atoms with Crippen molar-refractivity contribution in [1.82, 2.24) is 4.57 Å². The number of allylic oxidation sites excluding steroid dienone is 1. The molecule has 0 saturated heterocycles. The molecule has 0 amide bonds. The summed E-state index contributed by atoms with van der Waals surface area (Å²) in [6.07, 6.45) is 1.67. The molecule has 10 heteroatoms. The quantitative estimate of drug-likeness (QED) is 0.387. The molecule has 8 nitrogen and oxygen atoms in total. The number of carbonyl (C=O) groups excluding carboxylic acids is 1. The van der Waals surface area contributed by atoms with Crippen molar-refractivity contribution in [3.8, 4) is 11.5 Å². The Hall–Kier alpha value is -3.11. The first-order chi connectivity index (χ1) is 16.9. The van der Waals surface area contributed by atoms with Gasteiger partial charge in [-0.1, -0.05) is 17.4 Å². The molecule has 1 aromatic carbocycles. The lowest BCUT2D eigenvalue weighted by atomic mass is 9.95. The van der Waals surface area contributed by atoms with Gasteiger partial charge in [-0.2, -0.15) is 0 Å². The predicted octanol–water partition coefficient (Wildman–Crippen LogP) is 3.95. The SMILES string of the molecule is CCOC(=O)C1=C(C)N=c2sc(=Cc3ccc(Br)o3)c(=O)n2C1c1ccc(OCC)c(OCC)c1. The molecule has 1 aliphatic heterocycles. The minimum absolute atomic E-state index is 0.202. The number of halogens is 1. The average Bonchev–Trinajstić information content (AvgIpc) is 3.37. The molecule has 35 heavy (non-hydrogen) atoms. The summed E-state index contributed by atoms with van der Waals surface area (Å²) in [6.45, 7) is 8.38. The number of fused-ring (bicyclic) bond motifs is 1. The van der Waals surface area contributed by atoms with Crippen molar-refractivity contribution >= 4 is 39.3 Å². The lowest BCUT2D eigenvalue weighted by Crippen LogP contribution is -2.40. The van der Waals surface area contributed by atoms with Crippen molar-refractivity contribution in [3.05, 3.63) is 77.3 Å². The van der Waals surface area contributed by atoms with Crippen molar-refractivity contribution in [2.45, 2.75) is 33.7 Å². The summed E-state index contributed by atoms with van der Waals surface area (Å²) in [4.78, 5) is 31.7. The highest BCUT2D eigenvalue weighted by Crippen LogP contribution is 2.36. The fraction of sp³-hybridized carbons (Fsp3) is 0.320. The fourth-order valence-electron chi connectivity index (χ4n) is 3.88. The van der Waals surface area contributed by atoms with Crippen molar-refractivity contribution in [3.63, 3.8) is 0 Å². The highest BCUT2D eigenvalue weighted by Gasteiger charge is 2.34. The van der Waals surface area contributed by atoms with Crippen LogP contribution in [0.2, 0.25) is 0 Å². The second-order valence-electron chi connectivity index (χ2n) is 7.52. The normalized spacial score (nSPS) is 15.6. The fourth-order valence-corrected chi connectivity index (χ4v) is 5.23. The van der Waals surface area contributed by atoms with Crippen LogP contribution in [0.5, 0.6) is 11.5 Å². The zero-order valence-electron chi connectivity index (χ0n) is 19.8. The van der Waals surface area contributed by atoms with Gasteiger partial charge in [0.25, 0.3) is 5.56 Å². The van der Waals surface area contributed by atoms with Crippen LogP contribution in [0.4, 0.5) is 0 Å². The molecule has 1 unspecified atom stereocenters. The van der Waals surface area contributed by atoms with Gasteiger partial charge in [0.15, 0.2) is 21.0 Å². The van der Waals surface area contributed by atoms with Crippen LogP contribution in [0.25, 0.3) is 6.08 Å². The Morgan fingerprint density at radius 2 is 1.89 bits per heavy atom. The van der Waals surface area contributed by atoms with Gasteiger partial charge in [-0.25, -0.2) is 9.79 Å². The zero-order chi connectivity index (χ0) is 25.1. The Labute approximate surface area is 214 Å². The third-order valence-corrected chi connectivity index (χ3v) is 6.68. The predicted molar refractivity (Wildman–Crippen MR) is 136 cm³/mol. The Kier molecular flexibility index (Phi) is 7.61. The van der Waals surface area contributed by atoms with E-state index in [4.69, 9.17) is 18.6 Å². The minimum Gasteiger partial charge on any atom is -0.490 e. The van der Waals surface area contributed by atoms with Gasteiger partial charge in [0.1, 0.15) is 5.76 Å². The molecule has 4 rings (SSSR count). The van der Waals surface area contributed by atoms with E-state index in [0.29, 0.717) is 61.3 Å². The Morgan fingerprint density at radius 3 is 2.54 bits per heavy atom. The third-order valence-electron chi connectivity index (χ3n) is 5.27. The van der Waals surface area contributed by atoms with Gasteiger partial charge in [-0.3, -0.25) is 9.36 Å². The number of hydrogen-bond acceptors (Lipinski definition) is 8. The molecule has 1 atom stereocenters. The van der Waals surface area contributed by atoms with Gasteiger partial charge < -0.3 is 18.6 Å². The number of furan rings is 1. The van der Waals surface area contributed by atoms with E-state index in [-0.39, 0.29) is 12.2 Å². The number of nitrogens with zero attached hydrogens (tertiary/aromatic N) is 2. The molecule has 184 valence electrons. The molecule has 0 aliphatic carbocycles. The summed E-state index contributed by atoms with van der Waals surface area (Å²) in [6, 6.07) is 8.19. The van der Waals surface area contributed by atoms with Crippen molar-refractivity contribution in [2.24, 2.45) is 4.99 Å². The molecule has 2 aromatic heterocycles. The Balaban J connectivity index is 1.95. The second kappa shape index (κ2) is 10.7. The molecule has 0 saturated carbocycles. The summed E-state index contributed by atoms with van der Waals surface area (Å²) in [7, 11) is 0. The first-order valence-electron chi connectivity index (χ1n) is 11.2. The number of esters is 1. The van der Waals surface area contributed by atoms with Gasteiger partial charge in [0.05, 0.1) is 41.7 Å². The Bertz CT molecular complexity index is 1470. The van der Waals surface area contributed by atoms with Crippen LogP contribution in [0.15, 0.2) is 60.5 Å². The van der Waals surface area contributed by atoms with E-state index in [9.17, 15) is 9.59 Å². The molecule has 0 fully saturated rings. The molecular weight excluding hydrogens is 536 g/mol. The molecule has 3 aromatic rings. The van der Waals surface area contributed by atoms with Crippen LogP contribution < -0.4 is 24.4 Å². The summed E-state index contributed by atoms with van der Waals surface area (Å²) in [5, 5.41) is 0. The highest BCUT2D eigenvalue weighted by atomic mass is 79.9. The van der Waals surface area contributed by atoms with Crippen LogP contribution in [-0.2, 0) is 9.53 Å². The zero-order valence-corrected chi connectivity index (χ0v) is 22.2. The standard InChI is InChI=1S/C25H25BrN2O6S/c1-5-31-17-10-8-15(12-18(17)32-6-2)22-21(24(30)33-7-3)14(4)27-25-28(22)23(29)19(35-25)13-16-9-11-20(26)34-16/h8-13,22H,5-7H2,1-4H3. The van der Waals surface area contributed by atoms with Crippen molar-refractivity contribution < 1.29 is 23.4 Å².